The Kier molecular flexibility index (Phi) is 4.17. The van der Waals surface area contributed by atoms with Gasteiger partial charge in [0.05, 0.1) is 10.6 Å². The lowest BCUT2D eigenvalue weighted by Crippen LogP contribution is -2.35. The summed E-state index contributed by atoms with van der Waals surface area (Å²) < 4.78 is 40.2. The van der Waals surface area contributed by atoms with E-state index in [9.17, 15) is 12.8 Å². The second-order valence-electron chi connectivity index (χ2n) is 4.62. The van der Waals surface area contributed by atoms with E-state index in [1.54, 1.807) is 0 Å². The molecule has 0 amide bonds. The van der Waals surface area contributed by atoms with Gasteiger partial charge in [0.1, 0.15) is 5.82 Å². The van der Waals surface area contributed by atoms with Crippen molar-refractivity contribution in [3.05, 3.63) is 22.4 Å². The smallest absolute Gasteiger partial charge is 0.244 e. The van der Waals surface area contributed by atoms with Crippen molar-refractivity contribution in [1.29, 1.82) is 0 Å². The third kappa shape index (κ3) is 2.64. The molecule has 2 N–H and O–H groups in total. The normalized spacial score (nSPS) is 20.9. The van der Waals surface area contributed by atoms with Crippen LogP contribution in [0, 0.1) is 5.82 Å². The third-order valence-corrected chi connectivity index (χ3v) is 6.34. The highest BCUT2D eigenvalue weighted by atomic mass is 79.9. The molecule has 0 radical (unpaired) electrons. The fourth-order valence-corrected chi connectivity index (χ4v) is 5.18. The average Bonchev–Trinajstić information content (AvgIpc) is 2.82. The average molecular weight is 351 g/mol. The molecule has 0 aliphatic carbocycles. The molecule has 0 aromatic heterocycles. The second kappa shape index (κ2) is 5.38. The molecule has 7 heteroatoms. The first-order chi connectivity index (χ1) is 8.87. The lowest BCUT2D eigenvalue weighted by atomic mass is 10.2. The van der Waals surface area contributed by atoms with Gasteiger partial charge in [0.15, 0.2) is 0 Å². The lowest BCUT2D eigenvalue weighted by molar-refractivity contribution is 0.379. The summed E-state index contributed by atoms with van der Waals surface area (Å²) in [5.41, 5.74) is 5.31. The number of anilines is 1. The summed E-state index contributed by atoms with van der Waals surface area (Å²) in [6.45, 7) is 2.47. The maximum absolute atomic E-state index is 13.3. The predicted molar refractivity (Wildman–Crippen MR) is 75.7 cm³/mol. The maximum Gasteiger partial charge on any atom is 0.244 e. The topological polar surface area (TPSA) is 63.4 Å². The Labute approximate surface area is 121 Å². The van der Waals surface area contributed by atoms with Gasteiger partial charge in [-0.15, -0.1) is 0 Å². The highest BCUT2D eigenvalue weighted by molar-refractivity contribution is 9.10. The Balaban J connectivity index is 2.48. The van der Waals surface area contributed by atoms with Crippen LogP contribution in [0.3, 0.4) is 0 Å². The van der Waals surface area contributed by atoms with Crippen molar-refractivity contribution in [2.75, 3.05) is 12.3 Å². The van der Waals surface area contributed by atoms with Crippen LogP contribution in [0.5, 0.6) is 0 Å². The Morgan fingerprint density at radius 1 is 1.53 bits per heavy atom. The third-order valence-electron chi connectivity index (χ3n) is 3.43. The predicted octanol–water partition coefficient (Wildman–Crippen LogP) is 2.73. The van der Waals surface area contributed by atoms with Gasteiger partial charge in [-0.3, -0.25) is 0 Å². The van der Waals surface area contributed by atoms with Crippen molar-refractivity contribution >= 4 is 31.6 Å². The van der Waals surface area contributed by atoms with E-state index in [0.29, 0.717) is 6.54 Å². The molecular formula is C12H16BrFN2O2S. The molecule has 106 valence electrons. The van der Waals surface area contributed by atoms with Crippen LogP contribution in [0.25, 0.3) is 0 Å². The molecule has 19 heavy (non-hydrogen) atoms. The van der Waals surface area contributed by atoms with E-state index in [1.165, 1.54) is 10.4 Å². The van der Waals surface area contributed by atoms with E-state index in [4.69, 9.17) is 5.73 Å². The molecule has 1 aliphatic heterocycles. The molecule has 1 fully saturated rings. The molecule has 1 aromatic rings. The fraction of sp³-hybridized carbons (Fsp3) is 0.500. The molecule has 0 spiro atoms. The van der Waals surface area contributed by atoms with Crippen LogP contribution in [-0.2, 0) is 10.0 Å². The van der Waals surface area contributed by atoms with Crippen molar-refractivity contribution in [3.8, 4) is 0 Å². The molecular weight excluding hydrogens is 335 g/mol. The summed E-state index contributed by atoms with van der Waals surface area (Å²) in [5, 5.41) is 0. The van der Waals surface area contributed by atoms with Gasteiger partial charge in [-0.2, -0.15) is 4.31 Å². The van der Waals surface area contributed by atoms with Gasteiger partial charge < -0.3 is 5.73 Å². The van der Waals surface area contributed by atoms with Gasteiger partial charge in [0.2, 0.25) is 10.0 Å². The van der Waals surface area contributed by atoms with Gasteiger partial charge >= 0.3 is 0 Å². The monoisotopic (exact) mass is 350 g/mol. The molecule has 1 heterocycles. The molecule has 4 nitrogen and oxygen atoms in total. The summed E-state index contributed by atoms with van der Waals surface area (Å²) >= 11 is 3.10. The largest absolute Gasteiger partial charge is 0.396 e. The summed E-state index contributed by atoms with van der Waals surface area (Å²) in [6.07, 6.45) is 2.49. The van der Waals surface area contributed by atoms with Crippen molar-refractivity contribution in [2.45, 2.75) is 37.1 Å². The van der Waals surface area contributed by atoms with Crippen LogP contribution in [0.15, 0.2) is 21.5 Å². The zero-order valence-corrected chi connectivity index (χ0v) is 13.0. The number of hydrogen-bond acceptors (Lipinski definition) is 3. The molecule has 0 saturated carbocycles. The molecule has 1 unspecified atom stereocenters. The van der Waals surface area contributed by atoms with E-state index in [2.05, 4.69) is 15.9 Å². The second-order valence-corrected chi connectivity index (χ2v) is 7.34. The van der Waals surface area contributed by atoms with Crippen LogP contribution in [0.1, 0.15) is 26.2 Å². The minimum Gasteiger partial charge on any atom is -0.396 e. The first-order valence-electron chi connectivity index (χ1n) is 6.14. The minimum absolute atomic E-state index is 0.0168. The Morgan fingerprint density at radius 3 is 2.84 bits per heavy atom. The highest BCUT2D eigenvalue weighted by Gasteiger charge is 2.35. The van der Waals surface area contributed by atoms with Crippen LogP contribution in [-0.4, -0.2) is 25.3 Å². The van der Waals surface area contributed by atoms with Crippen molar-refractivity contribution in [2.24, 2.45) is 0 Å². The Bertz CT molecular complexity index is 592. The fourth-order valence-electron chi connectivity index (χ4n) is 2.40. The standard InChI is InChI=1S/C12H16BrFN2O2S/c1-2-8-4-3-5-16(8)19(17,18)12-7-11(15)10(14)6-9(12)13/h6-8H,2-5,15H2,1H3. The molecule has 2 rings (SSSR count). The molecule has 1 aromatic carbocycles. The quantitative estimate of drug-likeness (QED) is 0.852. The van der Waals surface area contributed by atoms with Crippen molar-refractivity contribution in [3.63, 3.8) is 0 Å². The van der Waals surface area contributed by atoms with E-state index in [0.717, 1.165) is 25.3 Å². The molecule has 1 aliphatic rings. The molecule has 1 saturated heterocycles. The zero-order chi connectivity index (χ0) is 14.2. The number of nitrogens with two attached hydrogens (primary N) is 1. The number of sulfonamides is 1. The number of rotatable bonds is 3. The van der Waals surface area contributed by atoms with Crippen molar-refractivity contribution in [1.82, 2.24) is 4.31 Å². The first-order valence-corrected chi connectivity index (χ1v) is 8.37. The van der Waals surface area contributed by atoms with E-state index >= 15 is 0 Å². The highest BCUT2D eigenvalue weighted by Crippen LogP contribution is 2.33. The van der Waals surface area contributed by atoms with Crippen LogP contribution in [0.2, 0.25) is 0 Å². The van der Waals surface area contributed by atoms with Crippen LogP contribution < -0.4 is 5.73 Å². The number of hydrogen-bond donors (Lipinski definition) is 1. The molecule has 0 bridgehead atoms. The maximum atomic E-state index is 13.3. The lowest BCUT2D eigenvalue weighted by Gasteiger charge is -2.23. The van der Waals surface area contributed by atoms with Gasteiger partial charge in [-0.25, -0.2) is 12.8 Å². The van der Waals surface area contributed by atoms with Crippen LogP contribution >= 0.6 is 15.9 Å². The summed E-state index contributed by atoms with van der Waals surface area (Å²) in [7, 11) is -3.63. The first kappa shape index (κ1) is 14.7. The van der Waals surface area contributed by atoms with Gasteiger partial charge in [0.25, 0.3) is 0 Å². The van der Waals surface area contributed by atoms with E-state index in [1.807, 2.05) is 6.92 Å². The van der Waals surface area contributed by atoms with Gasteiger partial charge in [-0.1, -0.05) is 6.92 Å². The zero-order valence-electron chi connectivity index (χ0n) is 10.6. The summed E-state index contributed by atoms with van der Waals surface area (Å²) in [6, 6.07) is 2.29. The van der Waals surface area contributed by atoms with Crippen LogP contribution in [0.4, 0.5) is 10.1 Å². The summed E-state index contributed by atoms with van der Waals surface area (Å²) in [4.78, 5) is 0.0340. The number of benzene rings is 1. The number of nitrogens with zero attached hydrogens (tertiary/aromatic N) is 1. The Hall–Kier alpha value is -0.660. The minimum atomic E-state index is -3.63. The summed E-state index contributed by atoms with van der Waals surface area (Å²) in [5.74, 6) is -0.626. The van der Waals surface area contributed by atoms with E-state index in [-0.39, 0.29) is 21.1 Å². The number of nitrogen functional groups attached to an aromatic ring is 1. The van der Waals surface area contributed by atoms with E-state index < -0.39 is 15.8 Å². The SMILES string of the molecule is CCC1CCCN1S(=O)(=O)c1cc(N)c(F)cc1Br. The van der Waals surface area contributed by atoms with Gasteiger partial charge in [0, 0.05) is 17.1 Å². The van der Waals surface area contributed by atoms with Crippen molar-refractivity contribution < 1.29 is 12.8 Å². The Morgan fingerprint density at radius 2 is 2.21 bits per heavy atom. The van der Waals surface area contributed by atoms with Gasteiger partial charge in [-0.05, 0) is 47.3 Å². The number of halogens is 2. The molecule has 1 atom stereocenters.